The van der Waals surface area contributed by atoms with Crippen LogP contribution in [0.2, 0.25) is 0 Å². The van der Waals surface area contributed by atoms with Crippen molar-refractivity contribution in [2.45, 2.75) is 19.4 Å². The van der Waals surface area contributed by atoms with E-state index >= 15 is 0 Å². The summed E-state index contributed by atoms with van der Waals surface area (Å²) >= 11 is 0. The molecule has 0 saturated heterocycles. The molecule has 1 aliphatic carbocycles. The van der Waals surface area contributed by atoms with E-state index in [0.29, 0.717) is 12.2 Å². The number of para-hydroxylation sites is 1. The third-order valence-corrected chi connectivity index (χ3v) is 5.02. The first-order valence-electron chi connectivity index (χ1n) is 8.57. The van der Waals surface area contributed by atoms with Gasteiger partial charge in [0.05, 0.1) is 11.2 Å². The van der Waals surface area contributed by atoms with Gasteiger partial charge in [0.1, 0.15) is 11.8 Å². The van der Waals surface area contributed by atoms with Crippen molar-refractivity contribution in [3.05, 3.63) is 60.2 Å². The van der Waals surface area contributed by atoms with Crippen molar-refractivity contribution in [2.75, 3.05) is 5.73 Å². The number of nitrogens with two attached hydrogens (primary N) is 2. The smallest absolute Gasteiger partial charge is 0.152 e. The Bertz CT molecular complexity index is 1200. The molecular weight excluding hydrogens is 324 g/mol. The number of benzene rings is 1. The van der Waals surface area contributed by atoms with Gasteiger partial charge in [0.2, 0.25) is 0 Å². The summed E-state index contributed by atoms with van der Waals surface area (Å²) in [6.45, 7) is 2.08. The Morgan fingerprint density at radius 3 is 2.88 bits per heavy atom. The molecule has 0 unspecified atom stereocenters. The zero-order valence-electron chi connectivity index (χ0n) is 14.3. The van der Waals surface area contributed by atoms with Gasteiger partial charge in [0.15, 0.2) is 5.82 Å². The van der Waals surface area contributed by atoms with Crippen LogP contribution in [-0.4, -0.2) is 25.6 Å². The zero-order chi connectivity index (χ0) is 17.8. The van der Waals surface area contributed by atoms with Gasteiger partial charge in [-0.25, -0.2) is 9.50 Å². The number of hydrogen-bond acceptors (Lipinski definition) is 5. The Balaban J connectivity index is 1.91. The molecule has 4 aromatic rings. The van der Waals surface area contributed by atoms with Crippen molar-refractivity contribution in [1.29, 1.82) is 0 Å². The predicted octanol–water partition coefficient (Wildman–Crippen LogP) is 2.81. The summed E-state index contributed by atoms with van der Waals surface area (Å²) in [4.78, 5) is 8.85. The van der Waals surface area contributed by atoms with Crippen molar-refractivity contribution in [3.8, 4) is 11.1 Å². The second kappa shape index (κ2) is 5.37. The summed E-state index contributed by atoms with van der Waals surface area (Å²) in [5.74, 6) is 0.457. The molecule has 1 atom stereocenters. The SMILES string of the molecule is CC1=C[C@H](N)Cc2c1c(-c1cnc3ccccc3c1)c1c(N)ncnn21. The third kappa shape index (κ3) is 2.06. The molecule has 3 aromatic heterocycles. The number of pyridine rings is 1. The van der Waals surface area contributed by atoms with E-state index in [0.717, 1.165) is 44.4 Å². The molecule has 3 heterocycles. The Labute approximate surface area is 150 Å². The van der Waals surface area contributed by atoms with Gasteiger partial charge >= 0.3 is 0 Å². The van der Waals surface area contributed by atoms with E-state index in [1.165, 1.54) is 6.33 Å². The molecule has 0 spiro atoms. The lowest BCUT2D eigenvalue weighted by Gasteiger charge is -2.18. The largest absolute Gasteiger partial charge is 0.382 e. The van der Waals surface area contributed by atoms with Gasteiger partial charge in [-0.05, 0) is 24.6 Å². The fraction of sp³-hybridized carbons (Fsp3) is 0.150. The van der Waals surface area contributed by atoms with Gasteiger partial charge in [-0.2, -0.15) is 5.10 Å². The second-order valence-corrected chi connectivity index (χ2v) is 6.74. The molecule has 1 aliphatic rings. The van der Waals surface area contributed by atoms with E-state index in [9.17, 15) is 0 Å². The van der Waals surface area contributed by atoms with E-state index in [1.807, 2.05) is 28.9 Å². The Morgan fingerprint density at radius 2 is 2.00 bits per heavy atom. The number of nitrogens with zero attached hydrogens (tertiary/aromatic N) is 4. The predicted molar refractivity (Wildman–Crippen MR) is 103 cm³/mol. The number of fused-ring (bicyclic) bond motifs is 4. The first-order chi connectivity index (χ1) is 12.6. The lowest BCUT2D eigenvalue weighted by molar-refractivity contribution is 0.734. The van der Waals surface area contributed by atoms with Crippen LogP contribution in [0.25, 0.3) is 33.1 Å². The molecule has 0 fully saturated rings. The van der Waals surface area contributed by atoms with E-state index in [2.05, 4.69) is 40.2 Å². The third-order valence-electron chi connectivity index (χ3n) is 5.02. The highest BCUT2D eigenvalue weighted by molar-refractivity contribution is 5.99. The maximum Gasteiger partial charge on any atom is 0.152 e. The topological polar surface area (TPSA) is 95.1 Å². The van der Waals surface area contributed by atoms with Crippen molar-refractivity contribution in [3.63, 3.8) is 0 Å². The quantitative estimate of drug-likeness (QED) is 0.554. The minimum absolute atomic E-state index is 0.0284. The average Bonchev–Trinajstić information content (AvgIpc) is 2.97. The van der Waals surface area contributed by atoms with E-state index < -0.39 is 0 Å². The van der Waals surface area contributed by atoms with E-state index in [-0.39, 0.29) is 6.04 Å². The summed E-state index contributed by atoms with van der Waals surface area (Å²) in [7, 11) is 0. The zero-order valence-corrected chi connectivity index (χ0v) is 14.3. The van der Waals surface area contributed by atoms with Crippen molar-refractivity contribution in [2.24, 2.45) is 5.73 Å². The molecule has 1 aromatic carbocycles. The van der Waals surface area contributed by atoms with Crippen LogP contribution < -0.4 is 11.5 Å². The maximum atomic E-state index is 6.26. The molecule has 0 amide bonds. The van der Waals surface area contributed by atoms with Gasteiger partial charge in [-0.15, -0.1) is 0 Å². The Kier molecular flexibility index (Phi) is 3.11. The van der Waals surface area contributed by atoms with Gasteiger partial charge in [0, 0.05) is 40.7 Å². The van der Waals surface area contributed by atoms with Gasteiger partial charge < -0.3 is 11.5 Å². The van der Waals surface area contributed by atoms with Crippen LogP contribution in [-0.2, 0) is 6.42 Å². The number of allylic oxidation sites excluding steroid dienone is 1. The maximum absolute atomic E-state index is 6.26. The molecule has 6 heteroatoms. The monoisotopic (exact) mass is 342 g/mol. The number of hydrogen-bond donors (Lipinski definition) is 2. The fourth-order valence-electron chi connectivity index (χ4n) is 3.96. The normalized spacial score (nSPS) is 16.7. The molecule has 0 radical (unpaired) electrons. The molecule has 6 nitrogen and oxygen atoms in total. The van der Waals surface area contributed by atoms with Crippen LogP contribution in [0, 0.1) is 0 Å². The Hall–Kier alpha value is -3.25. The summed E-state index contributed by atoms with van der Waals surface area (Å²) < 4.78 is 1.89. The van der Waals surface area contributed by atoms with Crippen LogP contribution in [0.15, 0.2) is 48.9 Å². The number of rotatable bonds is 1. The molecule has 0 saturated carbocycles. The highest BCUT2D eigenvalue weighted by Gasteiger charge is 2.27. The van der Waals surface area contributed by atoms with Crippen molar-refractivity contribution < 1.29 is 0 Å². The van der Waals surface area contributed by atoms with Gasteiger partial charge in [0.25, 0.3) is 0 Å². The molecule has 0 aliphatic heterocycles. The minimum atomic E-state index is -0.0284. The molecule has 26 heavy (non-hydrogen) atoms. The van der Waals surface area contributed by atoms with Crippen LogP contribution in [0.4, 0.5) is 5.82 Å². The average molecular weight is 342 g/mol. The van der Waals surface area contributed by atoms with E-state index in [1.54, 1.807) is 0 Å². The van der Waals surface area contributed by atoms with Gasteiger partial charge in [-0.3, -0.25) is 4.98 Å². The van der Waals surface area contributed by atoms with E-state index in [4.69, 9.17) is 11.5 Å². The van der Waals surface area contributed by atoms with Crippen LogP contribution in [0.5, 0.6) is 0 Å². The second-order valence-electron chi connectivity index (χ2n) is 6.74. The van der Waals surface area contributed by atoms with Crippen LogP contribution in [0.1, 0.15) is 18.2 Å². The lowest BCUT2D eigenvalue weighted by Crippen LogP contribution is -2.24. The first kappa shape index (κ1) is 15.0. The molecule has 5 rings (SSSR count). The van der Waals surface area contributed by atoms with Crippen molar-refractivity contribution in [1.82, 2.24) is 19.6 Å². The van der Waals surface area contributed by atoms with Crippen LogP contribution >= 0.6 is 0 Å². The number of nitrogen functional groups attached to an aromatic ring is 1. The summed E-state index contributed by atoms with van der Waals surface area (Å²) in [5, 5.41) is 5.54. The molecule has 128 valence electrons. The summed E-state index contributed by atoms with van der Waals surface area (Å²) in [6.07, 6.45) is 6.20. The molecule has 0 bridgehead atoms. The Morgan fingerprint density at radius 1 is 1.15 bits per heavy atom. The van der Waals surface area contributed by atoms with Crippen molar-refractivity contribution >= 4 is 27.8 Å². The fourth-order valence-corrected chi connectivity index (χ4v) is 3.96. The molecular formula is C20H18N6. The highest BCUT2D eigenvalue weighted by Crippen LogP contribution is 2.41. The summed E-state index contributed by atoms with van der Waals surface area (Å²) in [6, 6.07) is 10.2. The highest BCUT2D eigenvalue weighted by atomic mass is 15.3. The standard InChI is InChI=1S/C20H18N6/c1-11-6-14(21)8-16-17(11)18(19-20(22)24-10-25-26(16)19)13-7-12-4-2-3-5-15(12)23-9-13/h2-7,9-10,14H,8,21H2,1H3,(H2,22,24,25)/t14-/m0/s1. The number of aromatic nitrogens is 4. The first-order valence-corrected chi connectivity index (χ1v) is 8.57. The number of anilines is 1. The lowest BCUT2D eigenvalue weighted by atomic mass is 9.89. The van der Waals surface area contributed by atoms with Gasteiger partial charge in [-0.1, -0.05) is 24.3 Å². The van der Waals surface area contributed by atoms with Crippen LogP contribution in [0.3, 0.4) is 0 Å². The summed E-state index contributed by atoms with van der Waals surface area (Å²) in [5.41, 5.74) is 19.6. The molecule has 4 N–H and O–H groups in total. The minimum Gasteiger partial charge on any atom is -0.382 e.